The second kappa shape index (κ2) is 5.56. The number of ether oxygens (including phenoxy) is 1. The van der Waals surface area contributed by atoms with Gasteiger partial charge < -0.3 is 4.74 Å². The molecule has 0 bridgehead atoms. The third-order valence-corrected chi connectivity index (χ3v) is 4.97. The van der Waals surface area contributed by atoms with Crippen LogP contribution < -0.4 is 0 Å². The average molecular weight is 322 g/mol. The zero-order valence-corrected chi connectivity index (χ0v) is 13.2. The Bertz CT molecular complexity index is 851. The van der Waals surface area contributed by atoms with Gasteiger partial charge in [-0.05, 0) is 40.9 Å². The number of nitrogens with zero attached hydrogens (tertiary/aromatic N) is 2. The van der Waals surface area contributed by atoms with E-state index in [0.717, 1.165) is 24.2 Å². The molecule has 4 nitrogen and oxygen atoms in total. The molecule has 0 fully saturated rings. The van der Waals surface area contributed by atoms with Crippen LogP contribution in [-0.2, 0) is 9.53 Å². The van der Waals surface area contributed by atoms with Crippen LogP contribution in [0.15, 0.2) is 58.3 Å². The molecule has 3 heterocycles. The molecule has 0 saturated carbocycles. The number of Topliss-reactive ketones (excluding diaryl/α,β-unsaturated/α-hetero) is 1. The largest absolute Gasteiger partial charge is 0.443 e. The number of nitriles is 1. The minimum Gasteiger partial charge on any atom is -0.443 e. The number of hydrogen-bond donors (Lipinski definition) is 0. The molecule has 0 spiro atoms. The number of carbonyl (C=O) groups is 1. The van der Waals surface area contributed by atoms with Crippen molar-refractivity contribution in [3.8, 4) is 6.07 Å². The quantitative estimate of drug-likeness (QED) is 0.837. The van der Waals surface area contributed by atoms with Crippen molar-refractivity contribution >= 4 is 23.0 Å². The number of aromatic nitrogens is 1. The number of thiophene rings is 1. The molecule has 5 heteroatoms. The summed E-state index contributed by atoms with van der Waals surface area (Å²) in [4.78, 5) is 12.5. The molecule has 1 aliphatic heterocycles. The molecule has 114 valence electrons. The van der Waals surface area contributed by atoms with E-state index in [-0.39, 0.29) is 11.7 Å². The molecule has 2 aromatic rings. The zero-order valence-electron chi connectivity index (χ0n) is 12.4. The van der Waals surface area contributed by atoms with Gasteiger partial charge in [-0.3, -0.25) is 9.36 Å². The second-order valence-corrected chi connectivity index (χ2v) is 6.41. The highest BCUT2D eigenvalue weighted by molar-refractivity contribution is 7.08. The van der Waals surface area contributed by atoms with Gasteiger partial charge in [-0.2, -0.15) is 16.6 Å². The van der Waals surface area contributed by atoms with E-state index in [1.54, 1.807) is 15.9 Å². The van der Waals surface area contributed by atoms with Gasteiger partial charge in [0, 0.05) is 30.8 Å². The second-order valence-electron chi connectivity index (χ2n) is 5.63. The maximum absolute atomic E-state index is 12.5. The molecule has 2 aromatic heterocycles. The topological polar surface area (TPSA) is 55.0 Å². The van der Waals surface area contributed by atoms with Crippen molar-refractivity contribution in [1.29, 1.82) is 5.26 Å². The minimum atomic E-state index is -0.319. The van der Waals surface area contributed by atoms with Gasteiger partial charge in [0.05, 0.1) is 5.92 Å². The van der Waals surface area contributed by atoms with Gasteiger partial charge in [0.2, 0.25) is 5.88 Å². The predicted octanol–water partition coefficient (Wildman–Crippen LogP) is 4.06. The van der Waals surface area contributed by atoms with Gasteiger partial charge in [-0.25, -0.2) is 0 Å². The zero-order chi connectivity index (χ0) is 15.8. The normalized spacial score (nSPS) is 21.0. The van der Waals surface area contributed by atoms with Crippen LogP contribution in [0.4, 0.5) is 0 Å². The number of carbonyl (C=O) groups excluding carboxylic acids is 1. The fourth-order valence-electron chi connectivity index (χ4n) is 3.25. The third kappa shape index (κ3) is 2.23. The first-order valence-electron chi connectivity index (χ1n) is 7.53. The summed E-state index contributed by atoms with van der Waals surface area (Å²) < 4.78 is 7.83. The van der Waals surface area contributed by atoms with E-state index in [1.165, 1.54) is 0 Å². The van der Waals surface area contributed by atoms with E-state index >= 15 is 0 Å². The van der Waals surface area contributed by atoms with Crippen LogP contribution in [0.2, 0.25) is 0 Å². The number of ketones is 1. The minimum absolute atomic E-state index is 0.0988. The lowest BCUT2D eigenvalue weighted by atomic mass is 9.78. The number of rotatable bonds is 2. The lowest BCUT2D eigenvalue weighted by Crippen LogP contribution is -2.25. The molecule has 0 radical (unpaired) electrons. The Balaban J connectivity index is 1.94. The van der Waals surface area contributed by atoms with Crippen molar-refractivity contribution in [1.82, 2.24) is 4.57 Å². The fourth-order valence-corrected chi connectivity index (χ4v) is 3.93. The van der Waals surface area contributed by atoms with Crippen LogP contribution in [0.3, 0.4) is 0 Å². The van der Waals surface area contributed by atoms with Gasteiger partial charge in [0.15, 0.2) is 5.78 Å². The predicted molar refractivity (Wildman–Crippen MR) is 87.3 cm³/mol. The first-order valence-corrected chi connectivity index (χ1v) is 8.47. The SMILES string of the molecule is N#CC1=C(n2cccc2)OC2=C(C(=O)CCC2)[C@H]1c1ccsc1. The molecule has 2 aliphatic rings. The Hall–Kier alpha value is -2.58. The van der Waals surface area contributed by atoms with Crippen LogP contribution in [-0.4, -0.2) is 10.4 Å². The van der Waals surface area contributed by atoms with E-state index in [0.29, 0.717) is 23.5 Å². The van der Waals surface area contributed by atoms with Crippen molar-refractivity contribution in [2.75, 3.05) is 0 Å². The number of hydrogen-bond acceptors (Lipinski definition) is 4. The Morgan fingerprint density at radius 2 is 2.13 bits per heavy atom. The van der Waals surface area contributed by atoms with Crippen molar-refractivity contribution in [3.63, 3.8) is 0 Å². The van der Waals surface area contributed by atoms with E-state index in [9.17, 15) is 10.1 Å². The summed E-state index contributed by atoms with van der Waals surface area (Å²) in [5.41, 5.74) is 2.15. The smallest absolute Gasteiger partial charge is 0.218 e. The molecule has 0 amide bonds. The van der Waals surface area contributed by atoms with Gasteiger partial charge in [0.25, 0.3) is 0 Å². The summed E-state index contributed by atoms with van der Waals surface area (Å²) in [6.45, 7) is 0. The summed E-state index contributed by atoms with van der Waals surface area (Å²) in [5.74, 6) is 1.02. The maximum atomic E-state index is 12.5. The Morgan fingerprint density at radius 3 is 2.83 bits per heavy atom. The fraction of sp³-hybridized carbons (Fsp3) is 0.222. The van der Waals surface area contributed by atoms with Gasteiger partial charge in [-0.1, -0.05) is 0 Å². The highest BCUT2D eigenvalue weighted by atomic mass is 32.1. The lowest BCUT2D eigenvalue weighted by molar-refractivity contribution is -0.116. The molecule has 1 aliphatic carbocycles. The van der Waals surface area contributed by atoms with E-state index in [2.05, 4.69) is 6.07 Å². The van der Waals surface area contributed by atoms with E-state index < -0.39 is 0 Å². The van der Waals surface area contributed by atoms with Crippen LogP contribution in [0.5, 0.6) is 0 Å². The highest BCUT2D eigenvalue weighted by Gasteiger charge is 2.39. The first kappa shape index (κ1) is 14.0. The summed E-state index contributed by atoms with van der Waals surface area (Å²) in [7, 11) is 0. The van der Waals surface area contributed by atoms with E-state index in [1.807, 2.05) is 41.4 Å². The summed E-state index contributed by atoms with van der Waals surface area (Å²) >= 11 is 1.57. The van der Waals surface area contributed by atoms with Crippen LogP contribution in [0, 0.1) is 11.3 Å². The summed E-state index contributed by atoms with van der Waals surface area (Å²) in [6, 6.07) is 8.05. The Kier molecular flexibility index (Phi) is 3.40. The van der Waals surface area contributed by atoms with Crippen molar-refractivity contribution in [2.45, 2.75) is 25.2 Å². The molecule has 0 unspecified atom stereocenters. The first-order chi connectivity index (χ1) is 11.3. The molecular weight excluding hydrogens is 308 g/mol. The molecule has 0 saturated heterocycles. The van der Waals surface area contributed by atoms with Crippen molar-refractivity contribution in [3.05, 3.63) is 63.8 Å². The summed E-state index contributed by atoms with van der Waals surface area (Å²) in [6.07, 6.45) is 5.78. The maximum Gasteiger partial charge on any atom is 0.218 e. The van der Waals surface area contributed by atoms with Crippen molar-refractivity contribution < 1.29 is 9.53 Å². The molecule has 23 heavy (non-hydrogen) atoms. The molecule has 0 N–H and O–H groups in total. The third-order valence-electron chi connectivity index (χ3n) is 4.27. The van der Waals surface area contributed by atoms with Gasteiger partial charge in [-0.15, -0.1) is 0 Å². The monoisotopic (exact) mass is 322 g/mol. The highest BCUT2D eigenvalue weighted by Crippen LogP contribution is 2.45. The van der Waals surface area contributed by atoms with Crippen molar-refractivity contribution in [2.24, 2.45) is 0 Å². The van der Waals surface area contributed by atoms with Crippen LogP contribution >= 0.6 is 11.3 Å². The van der Waals surface area contributed by atoms with E-state index in [4.69, 9.17) is 4.74 Å². The standard InChI is InChI=1S/C18H14N2O2S/c19-10-13-16(12-6-9-23-11-12)17-14(21)4-3-5-15(17)22-18(13)20-7-1-2-8-20/h1-2,6-9,11,16H,3-5H2/t16-/m0/s1. The van der Waals surface area contributed by atoms with Crippen LogP contribution in [0.1, 0.15) is 30.7 Å². The molecule has 4 rings (SSSR count). The van der Waals surface area contributed by atoms with Gasteiger partial charge in [0.1, 0.15) is 17.4 Å². The number of allylic oxidation sites excluding steroid dienone is 3. The Morgan fingerprint density at radius 1 is 1.30 bits per heavy atom. The lowest BCUT2D eigenvalue weighted by Gasteiger charge is -2.31. The molecular formula is C18H14N2O2S. The van der Waals surface area contributed by atoms with Gasteiger partial charge >= 0.3 is 0 Å². The average Bonchev–Trinajstić information content (AvgIpc) is 3.27. The van der Waals surface area contributed by atoms with Crippen LogP contribution in [0.25, 0.3) is 5.88 Å². The Labute approximate surface area is 137 Å². The molecule has 1 atom stereocenters. The molecule has 0 aromatic carbocycles. The summed E-state index contributed by atoms with van der Waals surface area (Å²) in [5, 5.41) is 13.8.